The first kappa shape index (κ1) is 14.1. The van der Waals surface area contributed by atoms with E-state index in [9.17, 15) is 4.79 Å². The lowest BCUT2D eigenvalue weighted by Crippen LogP contribution is -2.44. The Kier molecular flexibility index (Phi) is 4.52. The van der Waals surface area contributed by atoms with E-state index in [2.05, 4.69) is 15.5 Å². The van der Waals surface area contributed by atoms with Gasteiger partial charge in [0.25, 0.3) is 5.91 Å². The summed E-state index contributed by atoms with van der Waals surface area (Å²) in [5.41, 5.74) is 1.37. The standard InChI is InChI=1S/C16H21N3O2/c20-16(14-12-21-15-5-2-1-4-13(14)15)18-6-3-9-19-10-7-17-8-11-19/h1-2,4-5,12,17H,3,6-11H2,(H,18,20). The molecule has 2 aromatic rings. The van der Waals surface area contributed by atoms with Crippen LogP contribution in [0.4, 0.5) is 0 Å². The Morgan fingerprint density at radius 3 is 2.95 bits per heavy atom. The van der Waals surface area contributed by atoms with E-state index >= 15 is 0 Å². The van der Waals surface area contributed by atoms with Gasteiger partial charge in [0.05, 0.1) is 5.56 Å². The number of furan rings is 1. The molecule has 1 saturated heterocycles. The predicted octanol–water partition coefficient (Wildman–Crippen LogP) is 1.46. The number of piperazine rings is 1. The molecule has 0 unspecified atom stereocenters. The van der Waals surface area contributed by atoms with E-state index in [0.717, 1.165) is 50.1 Å². The van der Waals surface area contributed by atoms with Gasteiger partial charge >= 0.3 is 0 Å². The average Bonchev–Trinajstić information content (AvgIpc) is 2.96. The van der Waals surface area contributed by atoms with Crippen molar-refractivity contribution >= 4 is 16.9 Å². The molecule has 5 heteroatoms. The second-order valence-corrected chi connectivity index (χ2v) is 5.35. The summed E-state index contributed by atoms with van der Waals surface area (Å²) in [5, 5.41) is 7.18. The van der Waals surface area contributed by atoms with Crippen LogP contribution in [0.3, 0.4) is 0 Å². The van der Waals surface area contributed by atoms with E-state index in [1.165, 1.54) is 6.26 Å². The van der Waals surface area contributed by atoms with Crippen LogP contribution in [0.2, 0.25) is 0 Å². The van der Waals surface area contributed by atoms with Gasteiger partial charge in [-0.1, -0.05) is 18.2 Å². The zero-order valence-electron chi connectivity index (χ0n) is 12.1. The van der Waals surface area contributed by atoms with E-state index in [0.29, 0.717) is 12.1 Å². The lowest BCUT2D eigenvalue weighted by Gasteiger charge is -2.27. The van der Waals surface area contributed by atoms with Crippen LogP contribution in [0.1, 0.15) is 16.8 Å². The fourth-order valence-electron chi connectivity index (χ4n) is 2.69. The number of hydrogen-bond donors (Lipinski definition) is 2. The first-order valence-electron chi connectivity index (χ1n) is 7.52. The molecule has 0 aliphatic carbocycles. The van der Waals surface area contributed by atoms with Crippen LogP contribution in [0.15, 0.2) is 34.9 Å². The molecule has 1 aromatic carbocycles. The fourth-order valence-corrected chi connectivity index (χ4v) is 2.69. The van der Waals surface area contributed by atoms with Gasteiger partial charge in [0.1, 0.15) is 11.8 Å². The maximum Gasteiger partial charge on any atom is 0.255 e. The highest BCUT2D eigenvalue weighted by Gasteiger charge is 2.13. The zero-order valence-corrected chi connectivity index (χ0v) is 12.1. The summed E-state index contributed by atoms with van der Waals surface area (Å²) in [7, 11) is 0. The van der Waals surface area contributed by atoms with Crippen molar-refractivity contribution in [1.29, 1.82) is 0 Å². The number of rotatable bonds is 5. The van der Waals surface area contributed by atoms with E-state index in [4.69, 9.17) is 4.42 Å². The number of carbonyl (C=O) groups excluding carboxylic acids is 1. The van der Waals surface area contributed by atoms with Gasteiger partial charge in [-0.05, 0) is 19.0 Å². The smallest absolute Gasteiger partial charge is 0.255 e. The van der Waals surface area contributed by atoms with Crippen molar-refractivity contribution in [3.05, 3.63) is 36.1 Å². The van der Waals surface area contributed by atoms with E-state index in [1.54, 1.807) is 0 Å². The number of nitrogens with zero attached hydrogens (tertiary/aromatic N) is 1. The minimum Gasteiger partial charge on any atom is -0.463 e. The Bertz CT molecular complexity index is 602. The summed E-state index contributed by atoms with van der Waals surface area (Å²) in [6, 6.07) is 7.60. The number of para-hydroxylation sites is 1. The monoisotopic (exact) mass is 287 g/mol. The highest BCUT2D eigenvalue weighted by Crippen LogP contribution is 2.20. The minimum atomic E-state index is -0.0553. The molecule has 5 nitrogen and oxygen atoms in total. The molecule has 0 spiro atoms. The van der Waals surface area contributed by atoms with Crippen LogP contribution in [0.5, 0.6) is 0 Å². The molecule has 1 amide bonds. The molecule has 0 radical (unpaired) electrons. The topological polar surface area (TPSA) is 57.5 Å². The first-order chi connectivity index (χ1) is 10.3. The van der Waals surface area contributed by atoms with Crippen LogP contribution >= 0.6 is 0 Å². The minimum absolute atomic E-state index is 0.0553. The second kappa shape index (κ2) is 6.74. The zero-order chi connectivity index (χ0) is 14.5. The van der Waals surface area contributed by atoms with E-state index in [1.807, 2.05) is 24.3 Å². The number of benzene rings is 1. The Balaban J connectivity index is 1.48. The average molecular weight is 287 g/mol. The molecule has 1 aliphatic rings. The summed E-state index contributed by atoms with van der Waals surface area (Å²) in [6.45, 7) is 6.05. The molecule has 1 aliphatic heterocycles. The molecular formula is C16H21N3O2. The van der Waals surface area contributed by atoms with Crippen LogP contribution < -0.4 is 10.6 Å². The maximum atomic E-state index is 12.2. The molecule has 1 aromatic heterocycles. The Hall–Kier alpha value is -1.85. The van der Waals surface area contributed by atoms with Crippen molar-refractivity contribution in [2.45, 2.75) is 6.42 Å². The molecule has 2 heterocycles. The van der Waals surface area contributed by atoms with Crippen molar-refractivity contribution in [3.63, 3.8) is 0 Å². The summed E-state index contributed by atoms with van der Waals surface area (Å²) in [6.07, 6.45) is 2.51. The SMILES string of the molecule is O=C(NCCCN1CCNCC1)c1coc2ccccc12. The van der Waals surface area contributed by atoms with Gasteiger partial charge in [-0.3, -0.25) is 4.79 Å². The van der Waals surface area contributed by atoms with Crippen molar-refractivity contribution in [3.8, 4) is 0 Å². The Morgan fingerprint density at radius 2 is 2.10 bits per heavy atom. The third-order valence-corrected chi connectivity index (χ3v) is 3.87. The summed E-state index contributed by atoms with van der Waals surface area (Å²) < 4.78 is 5.40. The summed E-state index contributed by atoms with van der Waals surface area (Å²) >= 11 is 0. The van der Waals surface area contributed by atoms with Crippen LogP contribution in [-0.2, 0) is 0 Å². The molecule has 21 heavy (non-hydrogen) atoms. The van der Waals surface area contributed by atoms with Gasteiger partial charge in [0, 0.05) is 38.1 Å². The quantitative estimate of drug-likeness (QED) is 0.817. The number of carbonyl (C=O) groups is 1. The number of amides is 1. The molecular weight excluding hydrogens is 266 g/mol. The molecule has 0 bridgehead atoms. The van der Waals surface area contributed by atoms with Gasteiger partial charge < -0.3 is 20.0 Å². The Morgan fingerprint density at radius 1 is 1.29 bits per heavy atom. The van der Waals surface area contributed by atoms with Crippen molar-refractivity contribution in [2.75, 3.05) is 39.3 Å². The molecule has 2 N–H and O–H groups in total. The predicted molar refractivity (Wildman–Crippen MR) is 82.5 cm³/mol. The summed E-state index contributed by atoms with van der Waals surface area (Å²) in [5.74, 6) is -0.0553. The fraction of sp³-hybridized carbons (Fsp3) is 0.438. The van der Waals surface area contributed by atoms with Crippen molar-refractivity contribution in [1.82, 2.24) is 15.5 Å². The third kappa shape index (κ3) is 3.43. The highest BCUT2D eigenvalue weighted by molar-refractivity contribution is 6.05. The lowest BCUT2D eigenvalue weighted by molar-refractivity contribution is 0.0952. The van der Waals surface area contributed by atoms with Crippen LogP contribution in [0.25, 0.3) is 11.0 Å². The van der Waals surface area contributed by atoms with Gasteiger partial charge in [-0.15, -0.1) is 0 Å². The van der Waals surface area contributed by atoms with E-state index < -0.39 is 0 Å². The van der Waals surface area contributed by atoms with Gasteiger partial charge in [-0.2, -0.15) is 0 Å². The van der Waals surface area contributed by atoms with Crippen molar-refractivity contribution < 1.29 is 9.21 Å². The van der Waals surface area contributed by atoms with Gasteiger partial charge in [0.15, 0.2) is 0 Å². The normalized spacial score (nSPS) is 16.2. The van der Waals surface area contributed by atoms with Crippen molar-refractivity contribution in [2.24, 2.45) is 0 Å². The van der Waals surface area contributed by atoms with Gasteiger partial charge in [0.2, 0.25) is 0 Å². The molecule has 3 rings (SSSR count). The third-order valence-electron chi connectivity index (χ3n) is 3.87. The van der Waals surface area contributed by atoms with Crippen LogP contribution in [0, 0.1) is 0 Å². The van der Waals surface area contributed by atoms with Crippen LogP contribution in [-0.4, -0.2) is 50.1 Å². The van der Waals surface area contributed by atoms with E-state index in [-0.39, 0.29) is 5.91 Å². The highest BCUT2D eigenvalue weighted by atomic mass is 16.3. The Labute approximate surface area is 124 Å². The molecule has 0 saturated carbocycles. The number of fused-ring (bicyclic) bond motifs is 1. The summed E-state index contributed by atoms with van der Waals surface area (Å²) in [4.78, 5) is 14.6. The van der Waals surface area contributed by atoms with Gasteiger partial charge in [-0.25, -0.2) is 0 Å². The molecule has 1 fully saturated rings. The lowest BCUT2D eigenvalue weighted by atomic mass is 10.1. The maximum absolute atomic E-state index is 12.2. The molecule has 0 atom stereocenters. The number of hydrogen-bond acceptors (Lipinski definition) is 4. The molecule has 112 valence electrons. The second-order valence-electron chi connectivity index (χ2n) is 5.35. The first-order valence-corrected chi connectivity index (χ1v) is 7.52. The largest absolute Gasteiger partial charge is 0.463 e. The number of nitrogens with one attached hydrogen (secondary N) is 2.